The molecule has 3 aromatic rings. The van der Waals surface area contributed by atoms with Gasteiger partial charge < -0.3 is 5.73 Å². The average Bonchev–Trinajstić information content (AvgIpc) is 3.11. The summed E-state index contributed by atoms with van der Waals surface area (Å²) in [6.07, 6.45) is 1.92. The molecule has 140 valence electrons. The van der Waals surface area contributed by atoms with Crippen LogP contribution in [0, 0.1) is 6.92 Å². The zero-order valence-corrected chi connectivity index (χ0v) is 17.6. The van der Waals surface area contributed by atoms with E-state index >= 15 is 0 Å². The molecule has 27 heavy (non-hydrogen) atoms. The number of hydrogen-bond acceptors (Lipinski definition) is 2. The van der Waals surface area contributed by atoms with Gasteiger partial charge in [-0.15, -0.1) is 11.3 Å². The predicted octanol–water partition coefficient (Wildman–Crippen LogP) is 6.88. The van der Waals surface area contributed by atoms with E-state index in [9.17, 15) is 0 Å². The fourth-order valence-electron chi connectivity index (χ4n) is 3.74. The van der Waals surface area contributed by atoms with Crippen molar-refractivity contribution in [3.05, 3.63) is 76.0 Å². The Balaban J connectivity index is 2.21. The normalized spacial score (nSPS) is 12.2. The molecule has 0 aliphatic carbocycles. The Kier molecular flexibility index (Phi) is 5.98. The summed E-state index contributed by atoms with van der Waals surface area (Å²) in [5.74, 6) is 0. The van der Waals surface area contributed by atoms with Gasteiger partial charge in [0.15, 0.2) is 0 Å². The summed E-state index contributed by atoms with van der Waals surface area (Å²) in [6, 6.07) is 15.9. The van der Waals surface area contributed by atoms with Gasteiger partial charge in [0, 0.05) is 16.5 Å². The maximum atomic E-state index is 5.97. The third-order valence-electron chi connectivity index (χ3n) is 5.00. The first-order chi connectivity index (χ1) is 12.9. The molecule has 0 bridgehead atoms. The number of benzene rings is 2. The molecule has 0 radical (unpaired) electrons. The van der Waals surface area contributed by atoms with Crippen LogP contribution in [0.3, 0.4) is 0 Å². The smallest absolute Gasteiger partial charge is 0.0372 e. The maximum Gasteiger partial charge on any atom is 0.0372 e. The Hall–Kier alpha value is -2.16. The van der Waals surface area contributed by atoms with Crippen LogP contribution in [0.15, 0.2) is 54.4 Å². The molecule has 0 saturated heterocycles. The fraction of sp³-hybridized carbons (Fsp3) is 0.280. The Morgan fingerprint density at radius 2 is 1.78 bits per heavy atom. The summed E-state index contributed by atoms with van der Waals surface area (Å²) in [6.45, 7) is 12.8. The average molecular weight is 376 g/mol. The van der Waals surface area contributed by atoms with Gasteiger partial charge in [0.2, 0.25) is 0 Å². The summed E-state index contributed by atoms with van der Waals surface area (Å²) in [7, 11) is 0. The van der Waals surface area contributed by atoms with Crippen LogP contribution in [-0.4, -0.2) is 6.04 Å². The zero-order chi connectivity index (χ0) is 19.6. The largest absolute Gasteiger partial charge is 0.328 e. The van der Waals surface area contributed by atoms with Crippen molar-refractivity contribution in [1.29, 1.82) is 0 Å². The van der Waals surface area contributed by atoms with Crippen molar-refractivity contribution in [3.63, 3.8) is 0 Å². The second-order valence-electron chi connectivity index (χ2n) is 7.47. The number of allylic oxidation sites excluding steroid dienone is 1. The summed E-state index contributed by atoms with van der Waals surface area (Å²) in [5, 5.41) is 2.17. The lowest BCUT2D eigenvalue weighted by atomic mass is 9.86. The Morgan fingerprint density at radius 3 is 2.37 bits per heavy atom. The van der Waals surface area contributed by atoms with E-state index in [0.29, 0.717) is 0 Å². The zero-order valence-electron chi connectivity index (χ0n) is 16.8. The minimum Gasteiger partial charge on any atom is -0.328 e. The second kappa shape index (κ2) is 8.24. The van der Waals surface area contributed by atoms with Gasteiger partial charge in [-0.05, 0) is 84.0 Å². The van der Waals surface area contributed by atoms with E-state index in [1.165, 1.54) is 43.8 Å². The van der Waals surface area contributed by atoms with E-state index in [0.717, 1.165) is 18.4 Å². The maximum absolute atomic E-state index is 5.97. The lowest BCUT2D eigenvalue weighted by Crippen LogP contribution is -2.17. The van der Waals surface area contributed by atoms with Gasteiger partial charge in [-0.1, -0.05) is 49.9 Å². The molecule has 1 aromatic heterocycles. The molecule has 2 aromatic carbocycles. The van der Waals surface area contributed by atoms with Crippen LogP contribution in [-0.2, 0) is 12.8 Å². The number of aryl methyl sites for hydroxylation is 2. The van der Waals surface area contributed by atoms with Crippen LogP contribution in [0.25, 0.3) is 27.8 Å². The molecule has 2 N–H and O–H groups in total. The second-order valence-corrected chi connectivity index (χ2v) is 8.38. The minimum absolute atomic E-state index is 0.181. The molecule has 0 spiro atoms. The van der Waals surface area contributed by atoms with Crippen molar-refractivity contribution >= 4 is 16.9 Å². The SMILES string of the molecule is C=C(C)c1sccc1-c1c(C)ccc(CC)c1-c1ccc(CC(C)N)cc1. The number of nitrogens with two attached hydrogens (primary N) is 1. The third kappa shape index (κ3) is 4.07. The highest BCUT2D eigenvalue weighted by Gasteiger charge is 2.18. The predicted molar refractivity (Wildman–Crippen MR) is 121 cm³/mol. The molecule has 1 nitrogen and oxygen atoms in total. The molecular weight excluding hydrogens is 346 g/mol. The lowest BCUT2D eigenvalue weighted by Gasteiger charge is -2.19. The quantitative estimate of drug-likeness (QED) is 0.499. The van der Waals surface area contributed by atoms with Gasteiger partial charge >= 0.3 is 0 Å². The third-order valence-corrected chi connectivity index (χ3v) is 6.08. The molecule has 0 amide bonds. The summed E-state index contributed by atoms with van der Waals surface area (Å²) < 4.78 is 0. The van der Waals surface area contributed by atoms with Crippen LogP contribution in [0.2, 0.25) is 0 Å². The van der Waals surface area contributed by atoms with Crippen LogP contribution >= 0.6 is 11.3 Å². The topological polar surface area (TPSA) is 26.0 Å². The summed E-state index contributed by atoms with van der Waals surface area (Å²) in [5.41, 5.74) is 16.3. The molecular formula is C25H29NS. The molecule has 1 heterocycles. The van der Waals surface area contributed by atoms with Gasteiger partial charge in [0.1, 0.15) is 0 Å². The van der Waals surface area contributed by atoms with Gasteiger partial charge in [0.25, 0.3) is 0 Å². The van der Waals surface area contributed by atoms with Crippen molar-refractivity contribution < 1.29 is 0 Å². The summed E-state index contributed by atoms with van der Waals surface area (Å²) in [4.78, 5) is 1.28. The minimum atomic E-state index is 0.181. The standard InChI is InChI=1S/C25H29NS/c1-6-20-10-7-17(4)23(22-13-14-27-25(22)16(2)3)24(20)21-11-8-19(9-12-21)15-18(5)26/h7-14,18H,2,6,15,26H2,1,3-5H3. The Bertz CT molecular complexity index is 945. The van der Waals surface area contributed by atoms with Crippen molar-refractivity contribution in [2.45, 2.75) is 46.6 Å². The van der Waals surface area contributed by atoms with Crippen LogP contribution in [0.4, 0.5) is 0 Å². The first-order valence-electron chi connectivity index (χ1n) is 9.63. The van der Waals surface area contributed by atoms with Crippen LogP contribution in [0.5, 0.6) is 0 Å². The van der Waals surface area contributed by atoms with Crippen molar-refractivity contribution in [2.75, 3.05) is 0 Å². The van der Waals surface area contributed by atoms with E-state index in [1.54, 1.807) is 11.3 Å². The molecule has 0 fully saturated rings. The number of rotatable bonds is 6. The van der Waals surface area contributed by atoms with E-state index in [2.05, 4.69) is 82.1 Å². The number of thiophene rings is 1. The van der Waals surface area contributed by atoms with Gasteiger partial charge in [0.05, 0.1) is 0 Å². The highest BCUT2D eigenvalue weighted by Crippen LogP contribution is 2.42. The molecule has 3 rings (SSSR count). The highest BCUT2D eigenvalue weighted by molar-refractivity contribution is 7.11. The summed E-state index contributed by atoms with van der Waals surface area (Å²) >= 11 is 1.77. The monoisotopic (exact) mass is 375 g/mol. The van der Waals surface area contributed by atoms with Crippen LogP contribution in [0.1, 0.15) is 42.3 Å². The molecule has 1 atom stereocenters. The first-order valence-corrected chi connectivity index (χ1v) is 10.5. The number of hydrogen-bond donors (Lipinski definition) is 1. The van der Waals surface area contributed by atoms with Gasteiger partial charge in [-0.3, -0.25) is 0 Å². The highest BCUT2D eigenvalue weighted by atomic mass is 32.1. The van der Waals surface area contributed by atoms with Crippen molar-refractivity contribution in [3.8, 4) is 22.3 Å². The van der Waals surface area contributed by atoms with Crippen LogP contribution < -0.4 is 5.73 Å². The Morgan fingerprint density at radius 1 is 1.07 bits per heavy atom. The molecule has 1 unspecified atom stereocenters. The first kappa shape index (κ1) is 19.6. The van der Waals surface area contributed by atoms with Gasteiger partial charge in [-0.25, -0.2) is 0 Å². The molecule has 0 saturated carbocycles. The van der Waals surface area contributed by atoms with Crippen molar-refractivity contribution in [2.24, 2.45) is 5.73 Å². The fourth-order valence-corrected chi connectivity index (χ4v) is 4.58. The molecule has 0 aliphatic rings. The van der Waals surface area contributed by atoms with Gasteiger partial charge in [-0.2, -0.15) is 0 Å². The lowest BCUT2D eigenvalue weighted by molar-refractivity contribution is 0.738. The van der Waals surface area contributed by atoms with E-state index < -0.39 is 0 Å². The molecule has 2 heteroatoms. The van der Waals surface area contributed by atoms with E-state index in [-0.39, 0.29) is 6.04 Å². The van der Waals surface area contributed by atoms with E-state index in [1.807, 2.05) is 0 Å². The Labute approximate surface area is 167 Å². The van der Waals surface area contributed by atoms with E-state index in [4.69, 9.17) is 5.73 Å². The van der Waals surface area contributed by atoms with Crippen molar-refractivity contribution in [1.82, 2.24) is 0 Å². The molecule has 0 aliphatic heterocycles.